The fraction of sp³-hybridized carbons (Fsp3) is 0.636. The van der Waals surface area contributed by atoms with E-state index in [1.807, 2.05) is 0 Å². The molecule has 1 rings (SSSR count). The van der Waals surface area contributed by atoms with Crippen LogP contribution in [-0.4, -0.2) is 47.1 Å². The van der Waals surface area contributed by atoms with Crippen LogP contribution in [0.2, 0.25) is 0 Å². The molecule has 0 unspecified atom stereocenters. The second kappa shape index (κ2) is 7.24. The molecule has 0 saturated heterocycles. The summed E-state index contributed by atoms with van der Waals surface area (Å²) < 4.78 is 0. The molecule has 2 N–H and O–H groups in total. The number of aromatic nitrogens is 1. The molecular weight excluding hydrogens is 238 g/mol. The van der Waals surface area contributed by atoms with Gasteiger partial charge in [-0.2, -0.15) is 0 Å². The molecule has 0 aliphatic carbocycles. The van der Waals surface area contributed by atoms with E-state index in [0.29, 0.717) is 5.69 Å². The SMILES string of the molecule is CCN(CC)CCNc1nc(CC(=O)O)cs1. The number of thiazole rings is 1. The molecule has 0 aliphatic rings. The Morgan fingerprint density at radius 3 is 2.82 bits per heavy atom. The van der Waals surface area contributed by atoms with E-state index >= 15 is 0 Å². The maximum atomic E-state index is 10.5. The number of carboxylic acid groups (broad SMARTS) is 1. The number of aliphatic carboxylic acids is 1. The van der Waals surface area contributed by atoms with Crippen molar-refractivity contribution in [2.45, 2.75) is 20.3 Å². The van der Waals surface area contributed by atoms with Gasteiger partial charge in [0.1, 0.15) is 0 Å². The van der Waals surface area contributed by atoms with E-state index in [1.165, 1.54) is 11.3 Å². The standard InChI is InChI=1S/C11H19N3O2S/c1-3-14(4-2)6-5-12-11-13-9(8-17-11)7-10(15)16/h8H,3-7H2,1-2H3,(H,12,13)(H,15,16). The predicted octanol–water partition coefficient (Wildman–Crippen LogP) is 1.52. The van der Waals surface area contributed by atoms with Crippen molar-refractivity contribution in [1.82, 2.24) is 9.88 Å². The zero-order valence-electron chi connectivity index (χ0n) is 10.3. The van der Waals surface area contributed by atoms with Crippen molar-refractivity contribution in [2.75, 3.05) is 31.5 Å². The first-order chi connectivity index (χ1) is 8.15. The third-order valence-electron chi connectivity index (χ3n) is 2.48. The van der Waals surface area contributed by atoms with Crippen molar-refractivity contribution in [3.05, 3.63) is 11.1 Å². The lowest BCUT2D eigenvalue weighted by molar-refractivity contribution is -0.136. The van der Waals surface area contributed by atoms with Gasteiger partial charge in [-0.15, -0.1) is 11.3 Å². The number of rotatable bonds is 8. The molecule has 0 radical (unpaired) electrons. The second-order valence-corrected chi connectivity index (χ2v) is 4.53. The smallest absolute Gasteiger partial charge is 0.309 e. The highest BCUT2D eigenvalue weighted by atomic mass is 32.1. The molecule has 96 valence electrons. The lowest BCUT2D eigenvalue weighted by Gasteiger charge is -2.17. The maximum absolute atomic E-state index is 10.5. The minimum absolute atomic E-state index is 0.00573. The minimum atomic E-state index is -0.843. The topological polar surface area (TPSA) is 65.5 Å². The van der Waals surface area contributed by atoms with E-state index in [9.17, 15) is 4.79 Å². The van der Waals surface area contributed by atoms with Crippen LogP contribution in [-0.2, 0) is 11.2 Å². The highest BCUT2D eigenvalue weighted by Gasteiger charge is 2.06. The van der Waals surface area contributed by atoms with Gasteiger partial charge in [0.05, 0.1) is 12.1 Å². The van der Waals surface area contributed by atoms with Gasteiger partial charge in [-0.1, -0.05) is 13.8 Å². The Labute approximate surface area is 105 Å². The van der Waals surface area contributed by atoms with E-state index in [4.69, 9.17) is 5.11 Å². The third kappa shape index (κ3) is 5.14. The van der Waals surface area contributed by atoms with Crippen molar-refractivity contribution < 1.29 is 9.90 Å². The van der Waals surface area contributed by atoms with Gasteiger partial charge < -0.3 is 15.3 Å². The first-order valence-electron chi connectivity index (χ1n) is 5.78. The molecule has 0 atom stereocenters. The molecule has 0 fully saturated rings. The molecule has 0 spiro atoms. The molecular formula is C11H19N3O2S. The van der Waals surface area contributed by atoms with E-state index in [0.717, 1.165) is 31.3 Å². The summed E-state index contributed by atoms with van der Waals surface area (Å²) in [6.07, 6.45) is -0.00573. The number of nitrogens with one attached hydrogen (secondary N) is 1. The Bertz CT molecular complexity index is 350. The van der Waals surface area contributed by atoms with Crippen molar-refractivity contribution >= 4 is 22.4 Å². The van der Waals surface area contributed by atoms with Crippen LogP contribution in [0.5, 0.6) is 0 Å². The molecule has 0 aromatic carbocycles. The van der Waals surface area contributed by atoms with E-state index < -0.39 is 5.97 Å². The summed E-state index contributed by atoms with van der Waals surface area (Å²) in [6.45, 7) is 8.17. The molecule has 1 aromatic heterocycles. The first kappa shape index (κ1) is 13.9. The largest absolute Gasteiger partial charge is 0.481 e. The van der Waals surface area contributed by atoms with Gasteiger partial charge in [-0.25, -0.2) is 4.98 Å². The Balaban J connectivity index is 2.32. The Morgan fingerprint density at radius 1 is 1.53 bits per heavy atom. The summed E-state index contributed by atoms with van der Waals surface area (Å²) >= 11 is 1.45. The summed E-state index contributed by atoms with van der Waals surface area (Å²) in [7, 11) is 0. The van der Waals surface area contributed by atoms with E-state index in [-0.39, 0.29) is 6.42 Å². The number of anilines is 1. The van der Waals surface area contributed by atoms with Gasteiger partial charge >= 0.3 is 5.97 Å². The summed E-state index contributed by atoms with van der Waals surface area (Å²) in [5.41, 5.74) is 0.618. The van der Waals surface area contributed by atoms with Crippen LogP contribution in [0.1, 0.15) is 19.5 Å². The van der Waals surface area contributed by atoms with Gasteiger partial charge in [0.2, 0.25) is 0 Å². The van der Waals surface area contributed by atoms with E-state index in [1.54, 1.807) is 5.38 Å². The fourth-order valence-corrected chi connectivity index (χ4v) is 2.22. The summed E-state index contributed by atoms with van der Waals surface area (Å²) in [5.74, 6) is -0.843. The normalized spacial score (nSPS) is 10.8. The van der Waals surface area contributed by atoms with Crippen LogP contribution < -0.4 is 5.32 Å². The molecule has 0 saturated carbocycles. The summed E-state index contributed by atoms with van der Waals surface area (Å²) in [6, 6.07) is 0. The monoisotopic (exact) mass is 257 g/mol. The summed E-state index contributed by atoms with van der Waals surface area (Å²) in [5, 5.41) is 14.4. The highest BCUT2D eigenvalue weighted by Crippen LogP contribution is 2.15. The van der Waals surface area contributed by atoms with Crippen molar-refractivity contribution in [1.29, 1.82) is 0 Å². The lowest BCUT2D eigenvalue weighted by atomic mass is 10.3. The minimum Gasteiger partial charge on any atom is -0.481 e. The predicted molar refractivity (Wildman–Crippen MR) is 69.7 cm³/mol. The molecule has 17 heavy (non-hydrogen) atoms. The van der Waals surface area contributed by atoms with Gasteiger partial charge in [0, 0.05) is 18.5 Å². The number of carbonyl (C=O) groups is 1. The zero-order chi connectivity index (χ0) is 12.7. The molecule has 1 aromatic rings. The zero-order valence-corrected chi connectivity index (χ0v) is 11.1. The van der Waals surface area contributed by atoms with E-state index in [2.05, 4.69) is 29.0 Å². The van der Waals surface area contributed by atoms with Crippen LogP contribution in [0, 0.1) is 0 Å². The Morgan fingerprint density at radius 2 is 2.24 bits per heavy atom. The number of hydrogen-bond donors (Lipinski definition) is 2. The number of likely N-dealkylation sites (N-methyl/N-ethyl adjacent to an activating group) is 1. The van der Waals surface area contributed by atoms with Crippen LogP contribution in [0.4, 0.5) is 5.13 Å². The van der Waals surface area contributed by atoms with Crippen LogP contribution in [0.25, 0.3) is 0 Å². The molecule has 0 bridgehead atoms. The Kier molecular flexibility index (Phi) is 5.93. The highest BCUT2D eigenvalue weighted by molar-refractivity contribution is 7.13. The average molecular weight is 257 g/mol. The van der Waals surface area contributed by atoms with Gasteiger partial charge in [-0.05, 0) is 13.1 Å². The van der Waals surface area contributed by atoms with Gasteiger partial charge in [0.15, 0.2) is 5.13 Å². The molecule has 1 heterocycles. The van der Waals surface area contributed by atoms with Gasteiger partial charge in [0.25, 0.3) is 0 Å². The van der Waals surface area contributed by atoms with Crippen LogP contribution >= 0.6 is 11.3 Å². The molecule has 5 nitrogen and oxygen atoms in total. The molecule has 6 heteroatoms. The lowest BCUT2D eigenvalue weighted by Crippen LogP contribution is -2.28. The van der Waals surface area contributed by atoms with Crippen molar-refractivity contribution in [3.63, 3.8) is 0 Å². The first-order valence-corrected chi connectivity index (χ1v) is 6.66. The quantitative estimate of drug-likeness (QED) is 0.739. The van der Waals surface area contributed by atoms with Crippen LogP contribution in [0.15, 0.2) is 5.38 Å². The third-order valence-corrected chi connectivity index (χ3v) is 3.33. The van der Waals surface area contributed by atoms with Gasteiger partial charge in [-0.3, -0.25) is 4.79 Å². The fourth-order valence-electron chi connectivity index (χ4n) is 1.49. The number of carboxylic acids is 1. The number of hydrogen-bond acceptors (Lipinski definition) is 5. The van der Waals surface area contributed by atoms with Crippen molar-refractivity contribution in [3.8, 4) is 0 Å². The maximum Gasteiger partial charge on any atom is 0.309 e. The summed E-state index contributed by atoms with van der Waals surface area (Å²) in [4.78, 5) is 17.0. The molecule has 0 amide bonds. The van der Waals surface area contributed by atoms with Crippen LogP contribution in [0.3, 0.4) is 0 Å². The average Bonchev–Trinajstić information content (AvgIpc) is 2.71. The van der Waals surface area contributed by atoms with Crippen molar-refractivity contribution in [2.24, 2.45) is 0 Å². The molecule has 0 aliphatic heterocycles. The number of nitrogens with zero attached hydrogens (tertiary/aromatic N) is 2. The Hall–Kier alpha value is -1.14. The second-order valence-electron chi connectivity index (χ2n) is 3.67.